The molecule has 0 aromatic heterocycles. The van der Waals surface area contributed by atoms with E-state index in [-0.39, 0.29) is 32.3 Å². The predicted molar refractivity (Wildman–Crippen MR) is 265 cm³/mol. The van der Waals surface area contributed by atoms with Crippen molar-refractivity contribution in [1.29, 1.82) is 0 Å². The molecule has 0 saturated carbocycles. The SMILES string of the molecule is CC/C=C\C/C=C\C/C=C\C/C=C\C/C=C\CCCCCCCCCCCCOCC(COP(=O)(O)OCCN)OC(=O)CCCCCCCCC/C=C\C/C=C\CCCCC. The maximum Gasteiger partial charge on any atom is 0.472 e. The van der Waals surface area contributed by atoms with Gasteiger partial charge in [-0.15, -0.1) is 0 Å². The number of ether oxygens (including phenoxy) is 2. The lowest BCUT2D eigenvalue weighted by atomic mass is 10.1. The summed E-state index contributed by atoms with van der Waals surface area (Å²) in [7, 11) is -4.29. The van der Waals surface area contributed by atoms with E-state index >= 15 is 0 Å². The van der Waals surface area contributed by atoms with Crippen LogP contribution in [0.4, 0.5) is 0 Å². The molecule has 62 heavy (non-hydrogen) atoms. The van der Waals surface area contributed by atoms with Gasteiger partial charge in [-0.05, 0) is 89.9 Å². The molecule has 0 spiro atoms. The Hall–Kier alpha value is -2.32. The molecule has 0 aliphatic heterocycles. The first-order chi connectivity index (χ1) is 30.4. The normalized spacial score (nSPS) is 14.1. The van der Waals surface area contributed by atoms with Gasteiger partial charge in [0.1, 0.15) is 6.10 Å². The van der Waals surface area contributed by atoms with Crippen molar-refractivity contribution in [2.24, 2.45) is 5.73 Å². The zero-order valence-electron chi connectivity index (χ0n) is 39.8. The van der Waals surface area contributed by atoms with E-state index < -0.39 is 13.9 Å². The lowest BCUT2D eigenvalue weighted by Gasteiger charge is -2.20. The molecule has 8 nitrogen and oxygen atoms in total. The van der Waals surface area contributed by atoms with E-state index in [1.165, 1.54) is 109 Å². The van der Waals surface area contributed by atoms with Gasteiger partial charge in [0.15, 0.2) is 0 Å². The van der Waals surface area contributed by atoms with Gasteiger partial charge >= 0.3 is 13.8 Å². The number of carbonyl (C=O) groups excluding carboxylic acids is 1. The van der Waals surface area contributed by atoms with Crippen molar-refractivity contribution >= 4 is 13.8 Å². The molecule has 0 bridgehead atoms. The number of rotatable bonds is 47. The number of hydrogen-bond acceptors (Lipinski definition) is 7. The number of esters is 1. The molecule has 2 atom stereocenters. The van der Waals surface area contributed by atoms with Crippen molar-refractivity contribution in [1.82, 2.24) is 0 Å². The van der Waals surface area contributed by atoms with Crippen LogP contribution in [-0.4, -0.2) is 49.9 Å². The Balaban J connectivity index is 3.97. The summed E-state index contributed by atoms with van der Waals surface area (Å²) in [5.74, 6) is -0.342. The molecule has 0 rings (SSSR count). The summed E-state index contributed by atoms with van der Waals surface area (Å²) in [6, 6.07) is 0. The Bertz CT molecular complexity index is 1220. The number of phosphoric ester groups is 1. The van der Waals surface area contributed by atoms with Crippen molar-refractivity contribution in [3.05, 3.63) is 85.1 Å². The molecule has 0 aromatic carbocycles. The highest BCUT2D eigenvalue weighted by Crippen LogP contribution is 2.43. The standard InChI is InChI=1S/C53H94NO7P/c1-3-5-7-9-11-13-15-17-19-21-22-23-24-25-26-27-28-29-31-33-35-37-39-41-43-45-48-58-50-52(51-60-62(56,57)59-49-47-54)61-53(55)46-44-42-40-38-36-34-32-30-20-18-16-14-12-10-8-6-4-2/h5,7,11-14,17-20,22-23,25-26,52H,3-4,6,8-10,15-16,21,24,27-51,54H2,1-2H3,(H,56,57)/b7-5-,13-11-,14-12-,19-17-,20-18-,23-22-,26-25-. The second-order valence-electron chi connectivity index (χ2n) is 16.3. The molecule has 9 heteroatoms. The lowest BCUT2D eigenvalue weighted by Crippen LogP contribution is -2.28. The fourth-order valence-corrected chi connectivity index (χ4v) is 7.41. The average molecular weight is 888 g/mol. The Kier molecular flexibility index (Phi) is 47.8. The summed E-state index contributed by atoms with van der Waals surface area (Å²) in [5, 5.41) is 0. The first-order valence-electron chi connectivity index (χ1n) is 25.1. The maximum atomic E-state index is 12.6. The quantitative estimate of drug-likeness (QED) is 0.0269. The molecule has 2 unspecified atom stereocenters. The molecular formula is C53H94NO7P. The fraction of sp³-hybridized carbons (Fsp3) is 0.717. The van der Waals surface area contributed by atoms with Gasteiger partial charge in [0.2, 0.25) is 0 Å². The molecule has 0 amide bonds. The minimum Gasteiger partial charge on any atom is -0.457 e. The van der Waals surface area contributed by atoms with Crippen LogP contribution in [0.25, 0.3) is 0 Å². The monoisotopic (exact) mass is 888 g/mol. The highest BCUT2D eigenvalue weighted by molar-refractivity contribution is 7.47. The fourth-order valence-electron chi connectivity index (χ4n) is 6.64. The van der Waals surface area contributed by atoms with Crippen LogP contribution >= 0.6 is 7.82 Å². The number of nitrogens with two attached hydrogens (primary N) is 1. The van der Waals surface area contributed by atoms with Gasteiger partial charge in [-0.1, -0.05) is 195 Å². The van der Waals surface area contributed by atoms with Gasteiger partial charge in [-0.3, -0.25) is 13.8 Å². The van der Waals surface area contributed by atoms with Crippen molar-refractivity contribution in [3.8, 4) is 0 Å². The van der Waals surface area contributed by atoms with E-state index in [0.717, 1.165) is 77.0 Å². The van der Waals surface area contributed by atoms with Gasteiger partial charge < -0.3 is 20.1 Å². The van der Waals surface area contributed by atoms with Crippen molar-refractivity contribution in [2.45, 2.75) is 213 Å². The van der Waals surface area contributed by atoms with Crippen LogP contribution in [-0.2, 0) is 27.9 Å². The summed E-state index contributed by atoms with van der Waals surface area (Å²) in [5.41, 5.74) is 5.38. The maximum absolute atomic E-state index is 12.6. The third-order valence-electron chi connectivity index (χ3n) is 10.3. The largest absolute Gasteiger partial charge is 0.472 e. The summed E-state index contributed by atoms with van der Waals surface area (Å²) in [6.45, 7) is 4.76. The molecule has 0 heterocycles. The van der Waals surface area contributed by atoms with Crippen LogP contribution in [0.15, 0.2) is 85.1 Å². The molecule has 0 fully saturated rings. The molecule has 0 radical (unpaired) electrons. The Morgan fingerprint density at radius 3 is 1.35 bits per heavy atom. The van der Waals surface area contributed by atoms with Crippen LogP contribution in [0.1, 0.15) is 206 Å². The molecule has 0 aromatic rings. The van der Waals surface area contributed by atoms with Gasteiger partial charge in [0.25, 0.3) is 0 Å². The second kappa shape index (κ2) is 49.7. The Morgan fingerprint density at radius 2 is 0.903 bits per heavy atom. The minimum atomic E-state index is -4.29. The van der Waals surface area contributed by atoms with Crippen LogP contribution < -0.4 is 5.73 Å². The zero-order chi connectivity index (χ0) is 45.1. The number of hydrogen-bond donors (Lipinski definition) is 2. The summed E-state index contributed by atoms with van der Waals surface area (Å²) < 4.78 is 33.6. The molecule has 3 N–H and O–H groups in total. The molecule has 0 saturated heterocycles. The van der Waals surface area contributed by atoms with Crippen LogP contribution in [0.5, 0.6) is 0 Å². The predicted octanol–water partition coefficient (Wildman–Crippen LogP) is 15.6. The summed E-state index contributed by atoms with van der Waals surface area (Å²) in [4.78, 5) is 22.6. The number of phosphoric acid groups is 1. The number of allylic oxidation sites excluding steroid dienone is 14. The van der Waals surface area contributed by atoms with Gasteiger partial charge in [-0.2, -0.15) is 0 Å². The Morgan fingerprint density at radius 1 is 0.500 bits per heavy atom. The summed E-state index contributed by atoms with van der Waals surface area (Å²) in [6.07, 6.45) is 64.7. The lowest BCUT2D eigenvalue weighted by molar-refractivity contribution is -0.154. The molecular weight excluding hydrogens is 794 g/mol. The van der Waals surface area contributed by atoms with Crippen molar-refractivity contribution in [2.75, 3.05) is 33.0 Å². The van der Waals surface area contributed by atoms with Crippen molar-refractivity contribution < 1.29 is 32.8 Å². The molecule has 0 aliphatic carbocycles. The van der Waals surface area contributed by atoms with E-state index in [1.807, 2.05) is 0 Å². The van der Waals surface area contributed by atoms with E-state index in [2.05, 4.69) is 98.9 Å². The second-order valence-corrected chi connectivity index (χ2v) is 17.7. The summed E-state index contributed by atoms with van der Waals surface area (Å²) >= 11 is 0. The highest BCUT2D eigenvalue weighted by atomic mass is 31.2. The van der Waals surface area contributed by atoms with Gasteiger partial charge in [0, 0.05) is 19.6 Å². The molecule has 0 aliphatic rings. The third-order valence-corrected chi connectivity index (χ3v) is 11.3. The average Bonchev–Trinajstić information content (AvgIpc) is 3.26. The van der Waals surface area contributed by atoms with E-state index in [0.29, 0.717) is 13.0 Å². The van der Waals surface area contributed by atoms with E-state index in [9.17, 15) is 14.3 Å². The Labute approximate surface area is 381 Å². The highest BCUT2D eigenvalue weighted by Gasteiger charge is 2.25. The molecule has 358 valence electrons. The first kappa shape index (κ1) is 59.7. The van der Waals surface area contributed by atoms with Crippen molar-refractivity contribution in [3.63, 3.8) is 0 Å². The topological polar surface area (TPSA) is 117 Å². The minimum absolute atomic E-state index is 0.0944. The van der Waals surface area contributed by atoms with Crippen LogP contribution in [0, 0.1) is 0 Å². The first-order valence-corrected chi connectivity index (χ1v) is 26.6. The van der Waals surface area contributed by atoms with Gasteiger partial charge in [-0.25, -0.2) is 4.57 Å². The number of unbranched alkanes of at least 4 members (excludes halogenated alkanes) is 20. The number of carbonyl (C=O) groups is 1. The smallest absolute Gasteiger partial charge is 0.457 e. The third kappa shape index (κ3) is 48.7. The van der Waals surface area contributed by atoms with E-state index in [4.69, 9.17) is 24.3 Å². The van der Waals surface area contributed by atoms with Crippen LogP contribution in [0.2, 0.25) is 0 Å². The van der Waals surface area contributed by atoms with Gasteiger partial charge in [0.05, 0.1) is 19.8 Å². The zero-order valence-corrected chi connectivity index (χ0v) is 40.7. The van der Waals surface area contributed by atoms with Crippen LogP contribution in [0.3, 0.4) is 0 Å². The van der Waals surface area contributed by atoms with E-state index in [1.54, 1.807) is 0 Å².